The van der Waals surface area contributed by atoms with Gasteiger partial charge < -0.3 is 10.0 Å². The largest absolute Gasteiger partial charge is 0.480 e. The Morgan fingerprint density at radius 3 is 2.44 bits per heavy atom. The van der Waals surface area contributed by atoms with Crippen molar-refractivity contribution in [1.82, 2.24) is 4.90 Å². The summed E-state index contributed by atoms with van der Waals surface area (Å²) in [4.78, 5) is 23.5. The minimum absolute atomic E-state index is 0.434. The van der Waals surface area contributed by atoms with Crippen molar-refractivity contribution < 1.29 is 23.5 Å². The second-order valence-corrected chi connectivity index (χ2v) is 4.02. The summed E-state index contributed by atoms with van der Waals surface area (Å²) in [7, 11) is 0. The van der Waals surface area contributed by atoms with Gasteiger partial charge in [0.2, 0.25) is 0 Å². The van der Waals surface area contributed by atoms with Crippen LogP contribution in [0.1, 0.15) is 24.2 Å². The van der Waals surface area contributed by atoms with E-state index in [0.717, 1.165) is 17.0 Å². The molecule has 0 aliphatic heterocycles. The third-order valence-electron chi connectivity index (χ3n) is 2.37. The molecule has 1 N–H and O–H groups in total. The average Bonchev–Trinajstić information content (AvgIpc) is 2.28. The van der Waals surface area contributed by atoms with Crippen molar-refractivity contribution in [3.05, 3.63) is 35.4 Å². The molecule has 1 rings (SSSR count). The SMILES string of the molecule is CC(C)N(CC(=O)O)C(=O)c1cccc(F)c1F. The molecule has 98 valence electrons. The number of hydrogen-bond donors (Lipinski definition) is 1. The Morgan fingerprint density at radius 1 is 1.33 bits per heavy atom. The van der Waals surface area contributed by atoms with Crippen LogP contribution in [-0.2, 0) is 4.79 Å². The quantitative estimate of drug-likeness (QED) is 0.896. The van der Waals surface area contributed by atoms with E-state index < -0.39 is 41.7 Å². The van der Waals surface area contributed by atoms with Gasteiger partial charge in [0.15, 0.2) is 11.6 Å². The molecule has 0 unspecified atom stereocenters. The number of carbonyl (C=O) groups is 2. The molecule has 4 nitrogen and oxygen atoms in total. The zero-order chi connectivity index (χ0) is 13.9. The van der Waals surface area contributed by atoms with E-state index in [1.807, 2.05) is 0 Å². The fourth-order valence-electron chi connectivity index (χ4n) is 1.46. The molecule has 0 saturated carbocycles. The fraction of sp³-hybridized carbons (Fsp3) is 0.333. The van der Waals surface area contributed by atoms with E-state index in [0.29, 0.717) is 0 Å². The molecule has 0 aliphatic carbocycles. The molecule has 1 amide bonds. The lowest BCUT2D eigenvalue weighted by Gasteiger charge is -2.25. The number of carboxylic acids is 1. The van der Waals surface area contributed by atoms with Crippen LogP contribution in [0, 0.1) is 11.6 Å². The van der Waals surface area contributed by atoms with Crippen molar-refractivity contribution >= 4 is 11.9 Å². The van der Waals surface area contributed by atoms with Gasteiger partial charge in [-0.1, -0.05) is 6.07 Å². The standard InChI is InChI=1S/C12H13F2NO3/c1-7(2)15(6-10(16)17)12(18)8-4-3-5-9(13)11(8)14/h3-5,7H,6H2,1-2H3,(H,16,17). The first kappa shape index (κ1) is 14.1. The van der Waals surface area contributed by atoms with Gasteiger partial charge in [-0.25, -0.2) is 8.78 Å². The number of carboxylic acid groups (broad SMARTS) is 1. The maximum absolute atomic E-state index is 13.4. The first-order valence-electron chi connectivity index (χ1n) is 5.31. The highest BCUT2D eigenvalue weighted by atomic mass is 19.2. The van der Waals surface area contributed by atoms with Gasteiger partial charge >= 0.3 is 5.97 Å². The normalized spacial score (nSPS) is 10.5. The van der Waals surface area contributed by atoms with E-state index in [1.165, 1.54) is 6.07 Å². The Morgan fingerprint density at radius 2 is 1.94 bits per heavy atom. The molecule has 0 fully saturated rings. The lowest BCUT2D eigenvalue weighted by molar-refractivity contribution is -0.138. The Balaban J connectivity index is 3.10. The summed E-state index contributed by atoms with van der Waals surface area (Å²) in [6, 6.07) is 2.78. The predicted octanol–water partition coefficient (Wildman–Crippen LogP) is 1.90. The molecule has 0 aliphatic rings. The zero-order valence-electron chi connectivity index (χ0n) is 9.98. The van der Waals surface area contributed by atoms with Gasteiger partial charge in [0.25, 0.3) is 5.91 Å². The summed E-state index contributed by atoms with van der Waals surface area (Å²) < 4.78 is 26.4. The molecule has 0 radical (unpaired) electrons. The number of halogens is 2. The third-order valence-corrected chi connectivity index (χ3v) is 2.37. The summed E-state index contributed by atoms with van der Waals surface area (Å²) in [6.07, 6.45) is 0. The average molecular weight is 257 g/mol. The number of hydrogen-bond acceptors (Lipinski definition) is 2. The maximum Gasteiger partial charge on any atom is 0.323 e. The molecule has 0 aromatic heterocycles. The fourth-order valence-corrected chi connectivity index (χ4v) is 1.46. The van der Waals surface area contributed by atoms with Crippen LogP contribution in [0.4, 0.5) is 8.78 Å². The molecule has 0 bridgehead atoms. The van der Waals surface area contributed by atoms with Crippen molar-refractivity contribution in [2.75, 3.05) is 6.54 Å². The molecular weight excluding hydrogens is 244 g/mol. The van der Waals surface area contributed by atoms with Crippen LogP contribution in [0.2, 0.25) is 0 Å². The van der Waals surface area contributed by atoms with Gasteiger partial charge in [-0.05, 0) is 26.0 Å². The molecule has 0 atom stereocenters. The number of aliphatic carboxylic acids is 1. The number of carbonyl (C=O) groups excluding carboxylic acids is 1. The van der Waals surface area contributed by atoms with Crippen molar-refractivity contribution in [2.45, 2.75) is 19.9 Å². The van der Waals surface area contributed by atoms with Crippen LogP contribution < -0.4 is 0 Å². The highest BCUT2D eigenvalue weighted by Gasteiger charge is 2.24. The minimum Gasteiger partial charge on any atom is -0.480 e. The van der Waals surface area contributed by atoms with E-state index in [1.54, 1.807) is 13.8 Å². The monoisotopic (exact) mass is 257 g/mol. The molecule has 18 heavy (non-hydrogen) atoms. The summed E-state index contributed by atoms with van der Waals surface area (Å²) in [5, 5.41) is 8.69. The first-order chi connectivity index (χ1) is 8.34. The Kier molecular flexibility index (Phi) is 4.36. The molecule has 0 saturated heterocycles. The van der Waals surface area contributed by atoms with Crippen LogP contribution in [0.5, 0.6) is 0 Å². The Labute approximate surface area is 103 Å². The molecule has 0 spiro atoms. The number of amides is 1. The Bertz CT molecular complexity index is 474. The molecule has 0 heterocycles. The highest BCUT2D eigenvalue weighted by molar-refractivity contribution is 5.96. The second kappa shape index (κ2) is 5.57. The Hall–Kier alpha value is -1.98. The van der Waals surface area contributed by atoms with Gasteiger partial charge in [0, 0.05) is 6.04 Å². The zero-order valence-corrected chi connectivity index (χ0v) is 9.98. The van der Waals surface area contributed by atoms with Crippen molar-refractivity contribution in [3.8, 4) is 0 Å². The molecule has 1 aromatic carbocycles. The van der Waals surface area contributed by atoms with Crippen LogP contribution in [0.15, 0.2) is 18.2 Å². The van der Waals surface area contributed by atoms with E-state index in [-0.39, 0.29) is 0 Å². The number of benzene rings is 1. The predicted molar refractivity (Wildman–Crippen MR) is 60.2 cm³/mol. The lowest BCUT2D eigenvalue weighted by atomic mass is 10.1. The van der Waals surface area contributed by atoms with E-state index in [4.69, 9.17) is 5.11 Å². The van der Waals surface area contributed by atoms with Gasteiger partial charge in [-0.2, -0.15) is 0 Å². The smallest absolute Gasteiger partial charge is 0.323 e. The maximum atomic E-state index is 13.4. The third kappa shape index (κ3) is 3.03. The van der Waals surface area contributed by atoms with Gasteiger partial charge in [0.1, 0.15) is 6.54 Å². The lowest BCUT2D eigenvalue weighted by Crippen LogP contribution is -2.41. The molecule has 6 heteroatoms. The summed E-state index contributed by atoms with van der Waals surface area (Å²) in [5.41, 5.74) is -0.468. The first-order valence-corrected chi connectivity index (χ1v) is 5.31. The van der Waals surface area contributed by atoms with Crippen LogP contribution >= 0.6 is 0 Å². The van der Waals surface area contributed by atoms with Crippen molar-refractivity contribution in [1.29, 1.82) is 0 Å². The highest BCUT2D eigenvalue weighted by Crippen LogP contribution is 2.15. The topological polar surface area (TPSA) is 57.6 Å². The van der Waals surface area contributed by atoms with Crippen molar-refractivity contribution in [2.24, 2.45) is 0 Å². The van der Waals surface area contributed by atoms with Gasteiger partial charge in [-0.3, -0.25) is 9.59 Å². The summed E-state index contributed by atoms with van der Waals surface area (Å²) >= 11 is 0. The minimum atomic E-state index is -1.27. The molecule has 1 aromatic rings. The van der Waals surface area contributed by atoms with Crippen LogP contribution in [-0.4, -0.2) is 34.5 Å². The number of nitrogens with zero attached hydrogens (tertiary/aromatic N) is 1. The van der Waals surface area contributed by atoms with Gasteiger partial charge in [0.05, 0.1) is 5.56 Å². The molecular formula is C12H13F2NO3. The summed E-state index contributed by atoms with van der Waals surface area (Å²) in [5.74, 6) is -4.46. The second-order valence-electron chi connectivity index (χ2n) is 4.02. The van der Waals surface area contributed by atoms with E-state index in [9.17, 15) is 18.4 Å². The van der Waals surface area contributed by atoms with Gasteiger partial charge in [-0.15, -0.1) is 0 Å². The van der Waals surface area contributed by atoms with E-state index >= 15 is 0 Å². The summed E-state index contributed by atoms with van der Waals surface area (Å²) in [6.45, 7) is 2.63. The van der Waals surface area contributed by atoms with Crippen molar-refractivity contribution in [3.63, 3.8) is 0 Å². The van der Waals surface area contributed by atoms with Crippen LogP contribution in [0.25, 0.3) is 0 Å². The van der Waals surface area contributed by atoms with E-state index in [2.05, 4.69) is 0 Å². The number of rotatable bonds is 4. The van der Waals surface area contributed by atoms with Crippen LogP contribution in [0.3, 0.4) is 0 Å².